The summed E-state index contributed by atoms with van der Waals surface area (Å²) < 4.78 is 1.26. The van der Waals surface area contributed by atoms with E-state index >= 15 is 0 Å². The molecule has 0 bridgehead atoms. The third-order valence-corrected chi connectivity index (χ3v) is 5.26. The van der Waals surface area contributed by atoms with Crippen LogP contribution in [0.25, 0.3) is 0 Å². The average molecular weight is 370 g/mol. The molecule has 2 rings (SSSR count). The Kier molecular flexibility index (Phi) is 4.16. The fourth-order valence-corrected chi connectivity index (χ4v) is 3.20. The quantitative estimate of drug-likeness (QED) is 0.620. The van der Waals surface area contributed by atoms with Crippen LogP contribution in [0.4, 0.5) is 0 Å². The number of carbonyl (C=O) groups excluding carboxylic acids is 1. The van der Waals surface area contributed by atoms with Gasteiger partial charge in [-0.2, -0.15) is 0 Å². The normalized spacial score (nSPS) is 10.6. The number of thiophene rings is 1. The Morgan fingerprint density at radius 3 is 2.35 bits per heavy atom. The number of halogens is 4. The summed E-state index contributed by atoms with van der Waals surface area (Å²) in [5.74, 6) is -0.124. The molecule has 0 saturated heterocycles. The van der Waals surface area contributed by atoms with Gasteiger partial charge in [0, 0.05) is 10.0 Å². The van der Waals surface area contributed by atoms with Crippen LogP contribution in [0.1, 0.15) is 15.2 Å². The molecule has 0 aliphatic rings. The maximum atomic E-state index is 12.1. The molecule has 0 atom stereocenters. The first-order valence-corrected chi connectivity index (χ1v) is 7.18. The molecule has 6 heteroatoms. The van der Waals surface area contributed by atoms with Crippen LogP contribution >= 0.6 is 62.1 Å². The lowest BCUT2D eigenvalue weighted by molar-refractivity contribution is 0.104. The molecule has 0 unspecified atom stereocenters. The van der Waals surface area contributed by atoms with Crippen LogP contribution in [0.5, 0.6) is 0 Å². The van der Waals surface area contributed by atoms with Crippen molar-refractivity contribution in [3.8, 4) is 0 Å². The topological polar surface area (TPSA) is 17.1 Å². The third kappa shape index (κ3) is 2.85. The van der Waals surface area contributed by atoms with Crippen molar-refractivity contribution in [3.63, 3.8) is 0 Å². The molecule has 0 aliphatic carbocycles. The molecule has 17 heavy (non-hydrogen) atoms. The van der Waals surface area contributed by atoms with Gasteiger partial charge < -0.3 is 0 Å². The highest BCUT2D eigenvalue weighted by Gasteiger charge is 2.15. The SMILES string of the molecule is O=C(c1ccc(Cl)c(Cl)c1)c1cc(Br)c(Cl)s1. The lowest BCUT2D eigenvalue weighted by Gasteiger charge is -2.00. The Labute approximate surface area is 125 Å². The predicted octanol–water partition coefficient (Wildman–Crippen LogP) is 5.70. The second-order valence-electron chi connectivity index (χ2n) is 3.19. The van der Waals surface area contributed by atoms with Crippen LogP contribution in [0.3, 0.4) is 0 Å². The Morgan fingerprint density at radius 1 is 1.12 bits per heavy atom. The maximum absolute atomic E-state index is 12.1. The lowest BCUT2D eigenvalue weighted by atomic mass is 10.1. The van der Waals surface area contributed by atoms with Crippen LogP contribution in [0.15, 0.2) is 28.7 Å². The zero-order valence-corrected chi connectivity index (χ0v) is 12.8. The number of ketones is 1. The number of hydrogen-bond acceptors (Lipinski definition) is 2. The molecule has 0 N–H and O–H groups in total. The Hall–Kier alpha value is -0.0600. The van der Waals surface area contributed by atoms with Crippen molar-refractivity contribution >= 4 is 67.9 Å². The van der Waals surface area contributed by atoms with Gasteiger partial charge in [-0.15, -0.1) is 11.3 Å². The first-order valence-electron chi connectivity index (χ1n) is 4.43. The van der Waals surface area contributed by atoms with Crippen molar-refractivity contribution in [3.05, 3.63) is 53.6 Å². The van der Waals surface area contributed by atoms with Crippen molar-refractivity contribution < 1.29 is 4.79 Å². The van der Waals surface area contributed by atoms with Gasteiger partial charge in [0.05, 0.1) is 14.9 Å². The van der Waals surface area contributed by atoms with Gasteiger partial charge in [0.25, 0.3) is 0 Å². The van der Waals surface area contributed by atoms with Gasteiger partial charge in [-0.05, 0) is 40.2 Å². The van der Waals surface area contributed by atoms with Crippen molar-refractivity contribution in [2.75, 3.05) is 0 Å². The number of benzene rings is 1. The molecular formula is C11H4BrCl3OS. The van der Waals surface area contributed by atoms with Crippen molar-refractivity contribution in [1.29, 1.82) is 0 Å². The molecule has 0 amide bonds. The zero-order valence-electron chi connectivity index (χ0n) is 8.14. The largest absolute Gasteiger partial charge is 0.288 e. The van der Waals surface area contributed by atoms with Crippen LogP contribution < -0.4 is 0 Å². The summed E-state index contributed by atoms with van der Waals surface area (Å²) in [6.45, 7) is 0. The summed E-state index contributed by atoms with van der Waals surface area (Å²) in [5.41, 5.74) is 0.491. The standard InChI is InChI=1S/C11H4BrCl3OS/c12-6-4-9(17-11(6)15)10(16)5-1-2-7(13)8(14)3-5/h1-4H. The maximum Gasteiger partial charge on any atom is 0.203 e. The molecule has 88 valence electrons. The molecule has 0 spiro atoms. The fourth-order valence-electron chi connectivity index (χ4n) is 1.24. The van der Waals surface area contributed by atoms with E-state index in [0.29, 0.717) is 29.3 Å². The summed E-state index contributed by atoms with van der Waals surface area (Å²) >= 11 is 22.0. The Morgan fingerprint density at radius 2 is 1.82 bits per heavy atom. The summed E-state index contributed by atoms with van der Waals surface area (Å²) in [6.07, 6.45) is 0. The first-order chi connectivity index (χ1) is 7.99. The fraction of sp³-hybridized carbons (Fsp3) is 0. The predicted molar refractivity (Wildman–Crippen MR) is 76.9 cm³/mol. The van der Waals surface area contributed by atoms with E-state index in [0.717, 1.165) is 0 Å². The number of hydrogen-bond donors (Lipinski definition) is 0. The van der Waals surface area contributed by atoms with Gasteiger partial charge in [-0.25, -0.2) is 0 Å². The summed E-state index contributed by atoms with van der Waals surface area (Å²) in [7, 11) is 0. The monoisotopic (exact) mass is 368 g/mol. The van der Waals surface area contributed by atoms with E-state index in [2.05, 4.69) is 15.9 Å². The smallest absolute Gasteiger partial charge is 0.203 e. The van der Waals surface area contributed by atoms with E-state index in [1.807, 2.05) is 0 Å². The van der Waals surface area contributed by atoms with Gasteiger partial charge in [0.1, 0.15) is 4.34 Å². The number of carbonyl (C=O) groups is 1. The van der Waals surface area contributed by atoms with E-state index in [4.69, 9.17) is 34.8 Å². The van der Waals surface area contributed by atoms with E-state index in [1.54, 1.807) is 24.3 Å². The first kappa shape index (κ1) is 13.4. The molecular weight excluding hydrogens is 366 g/mol. The van der Waals surface area contributed by atoms with Gasteiger partial charge in [-0.3, -0.25) is 4.79 Å². The Bertz CT molecular complexity index is 575. The minimum Gasteiger partial charge on any atom is -0.288 e. The molecule has 0 aliphatic heterocycles. The highest BCUT2D eigenvalue weighted by Crippen LogP contribution is 2.33. The highest BCUT2D eigenvalue weighted by atomic mass is 79.9. The lowest BCUT2D eigenvalue weighted by Crippen LogP contribution is -1.98. The van der Waals surface area contributed by atoms with Crippen LogP contribution in [0.2, 0.25) is 14.4 Å². The van der Waals surface area contributed by atoms with Gasteiger partial charge in [0.15, 0.2) is 0 Å². The van der Waals surface area contributed by atoms with Crippen LogP contribution in [0, 0.1) is 0 Å². The van der Waals surface area contributed by atoms with Crippen molar-refractivity contribution in [2.45, 2.75) is 0 Å². The van der Waals surface area contributed by atoms with Gasteiger partial charge >= 0.3 is 0 Å². The molecule has 1 heterocycles. The summed E-state index contributed by atoms with van der Waals surface area (Å²) in [4.78, 5) is 12.7. The molecule has 0 saturated carbocycles. The highest BCUT2D eigenvalue weighted by molar-refractivity contribution is 9.10. The second kappa shape index (κ2) is 5.29. The van der Waals surface area contributed by atoms with Gasteiger partial charge in [-0.1, -0.05) is 34.8 Å². The molecule has 2 aromatic rings. The van der Waals surface area contributed by atoms with E-state index < -0.39 is 0 Å². The molecule has 1 aromatic carbocycles. The minimum absolute atomic E-state index is 0.124. The Balaban J connectivity index is 2.40. The van der Waals surface area contributed by atoms with E-state index in [-0.39, 0.29) is 5.78 Å². The summed E-state index contributed by atoms with van der Waals surface area (Å²) in [5, 5.41) is 0.785. The van der Waals surface area contributed by atoms with Crippen molar-refractivity contribution in [2.24, 2.45) is 0 Å². The number of rotatable bonds is 2. The molecule has 0 fully saturated rings. The van der Waals surface area contributed by atoms with Crippen molar-refractivity contribution in [1.82, 2.24) is 0 Å². The van der Waals surface area contributed by atoms with Gasteiger partial charge in [0.2, 0.25) is 5.78 Å². The third-order valence-electron chi connectivity index (χ3n) is 2.05. The van der Waals surface area contributed by atoms with E-state index in [1.165, 1.54) is 11.3 Å². The second-order valence-corrected chi connectivity index (χ2v) is 6.51. The summed E-state index contributed by atoms with van der Waals surface area (Å²) in [6, 6.07) is 6.48. The molecule has 1 aromatic heterocycles. The van der Waals surface area contributed by atoms with Crippen LogP contribution in [-0.4, -0.2) is 5.78 Å². The molecule has 1 nitrogen and oxygen atoms in total. The molecule has 0 radical (unpaired) electrons. The average Bonchev–Trinajstić information content (AvgIpc) is 2.62. The minimum atomic E-state index is -0.124. The van der Waals surface area contributed by atoms with E-state index in [9.17, 15) is 4.79 Å². The zero-order chi connectivity index (χ0) is 12.6. The van der Waals surface area contributed by atoms with Crippen LogP contribution in [-0.2, 0) is 0 Å².